The number of fused-ring (bicyclic) bond motifs is 2. The van der Waals surface area contributed by atoms with Gasteiger partial charge in [-0.3, -0.25) is 0 Å². The van der Waals surface area contributed by atoms with Gasteiger partial charge in [-0.2, -0.15) is 0 Å². The minimum Gasteiger partial charge on any atom is -0.393 e. The molecule has 2 aliphatic rings. The lowest BCUT2D eigenvalue weighted by molar-refractivity contribution is -0.295. The Morgan fingerprint density at radius 3 is 2.80 bits per heavy atom. The first kappa shape index (κ1) is 17.2. The molecule has 0 unspecified atom stereocenters. The summed E-state index contributed by atoms with van der Waals surface area (Å²) in [6, 6.07) is 8.97. The Kier molecular flexibility index (Phi) is 4.49. The van der Waals surface area contributed by atoms with E-state index >= 15 is 0 Å². The van der Waals surface area contributed by atoms with Crippen molar-refractivity contribution in [1.29, 1.82) is 0 Å². The van der Waals surface area contributed by atoms with Gasteiger partial charge in [0.2, 0.25) is 0 Å². The minimum atomic E-state index is -0.765. The van der Waals surface area contributed by atoms with Crippen LogP contribution in [0, 0.1) is 6.92 Å². The molecule has 0 radical (unpaired) electrons. The summed E-state index contributed by atoms with van der Waals surface area (Å²) in [7, 11) is 0. The topological polar surface area (TPSA) is 38.7 Å². The lowest BCUT2D eigenvalue weighted by Gasteiger charge is -2.39. The van der Waals surface area contributed by atoms with Gasteiger partial charge in [-0.1, -0.05) is 13.0 Å². The molecule has 3 heterocycles. The molecule has 1 aromatic heterocycles. The third-order valence-electron chi connectivity index (χ3n) is 5.36. The molecule has 1 spiro atoms. The summed E-state index contributed by atoms with van der Waals surface area (Å²) < 4.78 is 12.3. The molecule has 0 aliphatic carbocycles. The van der Waals surface area contributed by atoms with Gasteiger partial charge < -0.3 is 14.6 Å². The largest absolute Gasteiger partial charge is 0.393 e. The number of aliphatic hydroxyl groups excluding tert-OH is 1. The number of hydrogen-bond donors (Lipinski definition) is 1. The molecule has 3 atom stereocenters. The standard InChI is InChI=1S/C21H26O3S/c1-4-18-5-6-19(25-18)9-15-10-20-16(7-13(15)2)12-23-21(20)11-17(22)8-14(3)24-21/h5-7,10,14,17,22H,4,8-9,11-12H2,1-3H3/t14-,17+,21-/m1/s1. The molecule has 25 heavy (non-hydrogen) atoms. The van der Waals surface area contributed by atoms with Crippen molar-refractivity contribution in [3.63, 3.8) is 0 Å². The van der Waals surface area contributed by atoms with Crippen LogP contribution in [0.15, 0.2) is 24.3 Å². The van der Waals surface area contributed by atoms with E-state index in [9.17, 15) is 5.11 Å². The van der Waals surface area contributed by atoms with Crippen LogP contribution in [0.2, 0.25) is 0 Å². The van der Waals surface area contributed by atoms with Crippen molar-refractivity contribution in [1.82, 2.24) is 0 Å². The Balaban J connectivity index is 1.68. The third-order valence-corrected chi connectivity index (χ3v) is 6.59. The van der Waals surface area contributed by atoms with Crippen LogP contribution in [0.3, 0.4) is 0 Å². The van der Waals surface area contributed by atoms with Gasteiger partial charge in [0.1, 0.15) is 0 Å². The van der Waals surface area contributed by atoms with E-state index in [4.69, 9.17) is 9.47 Å². The first-order valence-corrected chi connectivity index (χ1v) is 10.0. The molecule has 1 N–H and O–H groups in total. The van der Waals surface area contributed by atoms with Crippen LogP contribution in [0.4, 0.5) is 0 Å². The van der Waals surface area contributed by atoms with Gasteiger partial charge in [-0.15, -0.1) is 11.3 Å². The number of thiophene rings is 1. The second-order valence-electron chi connectivity index (χ2n) is 7.40. The Bertz CT molecular complexity index is 769. The SMILES string of the molecule is CCc1ccc(Cc2cc3c(cc2C)CO[C@@]32C[C@@H](O)C[C@@H](C)O2)s1. The number of aryl methyl sites for hydroxylation is 2. The number of rotatable bonds is 3. The van der Waals surface area contributed by atoms with E-state index in [-0.39, 0.29) is 12.2 Å². The fourth-order valence-corrected chi connectivity index (χ4v) is 5.09. The minimum absolute atomic E-state index is 0.00358. The van der Waals surface area contributed by atoms with Gasteiger partial charge in [0.25, 0.3) is 0 Å². The molecule has 2 aromatic rings. The van der Waals surface area contributed by atoms with Gasteiger partial charge in [-0.05, 0) is 61.6 Å². The van der Waals surface area contributed by atoms with E-state index in [0.29, 0.717) is 19.4 Å². The normalized spacial score (nSPS) is 28.5. The zero-order valence-electron chi connectivity index (χ0n) is 15.2. The number of benzene rings is 1. The Hall–Kier alpha value is -1.20. The number of hydrogen-bond acceptors (Lipinski definition) is 4. The summed E-state index contributed by atoms with van der Waals surface area (Å²) in [5, 5.41) is 10.3. The Morgan fingerprint density at radius 1 is 1.28 bits per heavy atom. The van der Waals surface area contributed by atoms with E-state index in [1.807, 2.05) is 18.3 Å². The van der Waals surface area contributed by atoms with Crippen molar-refractivity contribution in [2.75, 3.05) is 0 Å². The molecule has 1 saturated heterocycles. The molecule has 0 bridgehead atoms. The van der Waals surface area contributed by atoms with Crippen molar-refractivity contribution in [2.24, 2.45) is 0 Å². The summed E-state index contributed by atoms with van der Waals surface area (Å²) in [6.07, 6.45) is 2.86. The smallest absolute Gasteiger partial charge is 0.198 e. The van der Waals surface area contributed by atoms with Crippen LogP contribution in [-0.2, 0) is 34.7 Å². The van der Waals surface area contributed by atoms with Crippen molar-refractivity contribution < 1.29 is 14.6 Å². The van der Waals surface area contributed by atoms with Gasteiger partial charge >= 0.3 is 0 Å². The van der Waals surface area contributed by atoms with Crippen molar-refractivity contribution in [2.45, 2.75) is 71.1 Å². The van der Waals surface area contributed by atoms with Crippen LogP contribution in [0.5, 0.6) is 0 Å². The first-order valence-electron chi connectivity index (χ1n) is 9.19. The van der Waals surface area contributed by atoms with Crippen LogP contribution in [-0.4, -0.2) is 17.3 Å². The molecule has 0 saturated carbocycles. The van der Waals surface area contributed by atoms with Crippen LogP contribution in [0.1, 0.15) is 58.7 Å². The van der Waals surface area contributed by atoms with E-state index in [1.165, 1.54) is 26.4 Å². The van der Waals surface area contributed by atoms with Gasteiger partial charge in [0, 0.05) is 28.2 Å². The second kappa shape index (κ2) is 6.51. The van der Waals surface area contributed by atoms with Crippen molar-refractivity contribution in [3.8, 4) is 0 Å². The molecule has 134 valence electrons. The number of ether oxygens (including phenoxy) is 2. The molecule has 2 aliphatic heterocycles. The summed E-state index contributed by atoms with van der Waals surface area (Å²) in [6.45, 7) is 6.95. The average molecular weight is 359 g/mol. The Morgan fingerprint density at radius 2 is 2.08 bits per heavy atom. The van der Waals surface area contributed by atoms with Crippen molar-refractivity contribution >= 4 is 11.3 Å². The van der Waals surface area contributed by atoms with E-state index in [1.54, 1.807) is 0 Å². The van der Waals surface area contributed by atoms with E-state index in [2.05, 4.69) is 38.1 Å². The summed E-state index contributed by atoms with van der Waals surface area (Å²) >= 11 is 1.90. The molecule has 1 fully saturated rings. The van der Waals surface area contributed by atoms with Crippen LogP contribution in [0.25, 0.3) is 0 Å². The first-order chi connectivity index (χ1) is 12.0. The molecule has 1 aromatic carbocycles. The second-order valence-corrected chi connectivity index (χ2v) is 8.65. The van der Waals surface area contributed by atoms with Crippen LogP contribution >= 0.6 is 11.3 Å². The number of aliphatic hydroxyl groups is 1. The summed E-state index contributed by atoms with van der Waals surface area (Å²) in [5.74, 6) is -0.765. The molecular weight excluding hydrogens is 332 g/mol. The molecule has 4 heteroatoms. The Labute approximate surface area is 153 Å². The fraction of sp³-hybridized carbons (Fsp3) is 0.524. The molecule has 0 amide bonds. The fourth-order valence-electron chi connectivity index (χ4n) is 4.11. The molecular formula is C21H26O3S. The monoisotopic (exact) mass is 358 g/mol. The van der Waals surface area contributed by atoms with Gasteiger partial charge in [-0.25, -0.2) is 0 Å². The highest BCUT2D eigenvalue weighted by molar-refractivity contribution is 7.12. The lowest BCUT2D eigenvalue weighted by atomic mass is 9.89. The highest BCUT2D eigenvalue weighted by Gasteiger charge is 2.47. The highest BCUT2D eigenvalue weighted by Crippen LogP contribution is 2.46. The van der Waals surface area contributed by atoms with Gasteiger partial charge in [0.05, 0.1) is 18.8 Å². The predicted octanol–water partition coefficient (Wildman–Crippen LogP) is 4.45. The zero-order valence-corrected chi connectivity index (χ0v) is 16.0. The zero-order chi connectivity index (χ0) is 17.6. The summed E-state index contributed by atoms with van der Waals surface area (Å²) in [4.78, 5) is 2.83. The van der Waals surface area contributed by atoms with Gasteiger partial charge in [0.15, 0.2) is 5.79 Å². The predicted molar refractivity (Wildman–Crippen MR) is 99.9 cm³/mol. The van der Waals surface area contributed by atoms with Crippen molar-refractivity contribution in [3.05, 3.63) is 56.3 Å². The maximum absolute atomic E-state index is 10.3. The van der Waals surface area contributed by atoms with E-state index in [0.717, 1.165) is 18.4 Å². The average Bonchev–Trinajstić information content (AvgIpc) is 3.13. The molecule has 4 rings (SSSR count). The highest BCUT2D eigenvalue weighted by atomic mass is 32.1. The summed E-state index contributed by atoms with van der Waals surface area (Å²) in [5.41, 5.74) is 4.94. The van der Waals surface area contributed by atoms with Crippen LogP contribution < -0.4 is 0 Å². The third kappa shape index (κ3) is 3.17. The maximum Gasteiger partial charge on any atom is 0.198 e. The lowest BCUT2D eigenvalue weighted by Crippen LogP contribution is -2.43. The quantitative estimate of drug-likeness (QED) is 0.881. The maximum atomic E-state index is 10.3. The molecule has 3 nitrogen and oxygen atoms in total. The van der Waals surface area contributed by atoms with E-state index < -0.39 is 5.79 Å².